The zero-order valence-electron chi connectivity index (χ0n) is 16.1. The minimum atomic E-state index is -3.30. The van der Waals surface area contributed by atoms with Crippen molar-refractivity contribution in [1.29, 1.82) is 0 Å². The molecule has 1 saturated carbocycles. The number of carbonyl (C=O) groups excluding carboxylic acids is 2. The summed E-state index contributed by atoms with van der Waals surface area (Å²) in [6, 6.07) is 6.59. The number of likely N-dealkylation sites (tertiary alicyclic amines) is 1. The predicted octanol–water partition coefficient (Wildman–Crippen LogP) is 2.21. The molecule has 3 rings (SSSR count). The average molecular weight is 394 g/mol. The van der Waals surface area contributed by atoms with Crippen LogP contribution in [0.5, 0.6) is 0 Å². The van der Waals surface area contributed by atoms with Crippen molar-refractivity contribution in [2.45, 2.75) is 49.7 Å². The molecule has 0 bridgehead atoms. The van der Waals surface area contributed by atoms with Gasteiger partial charge in [-0.1, -0.05) is 12.1 Å². The van der Waals surface area contributed by atoms with Gasteiger partial charge in [-0.3, -0.25) is 9.59 Å². The van der Waals surface area contributed by atoms with E-state index in [0.29, 0.717) is 13.1 Å². The number of esters is 1. The molecule has 6 nitrogen and oxygen atoms in total. The second kappa shape index (κ2) is 7.26. The van der Waals surface area contributed by atoms with Gasteiger partial charge in [-0.05, 0) is 56.2 Å². The van der Waals surface area contributed by atoms with Gasteiger partial charge in [0.05, 0.1) is 29.6 Å². The molecule has 0 unspecified atom stereocenters. The Kier molecular flexibility index (Phi) is 5.34. The van der Waals surface area contributed by atoms with Crippen LogP contribution in [-0.4, -0.2) is 50.6 Å². The number of hydrogen-bond donors (Lipinski definition) is 0. The van der Waals surface area contributed by atoms with Crippen molar-refractivity contribution in [1.82, 2.24) is 4.90 Å². The van der Waals surface area contributed by atoms with Gasteiger partial charge in [0.25, 0.3) is 0 Å². The molecule has 0 radical (unpaired) electrons. The van der Waals surface area contributed by atoms with Crippen LogP contribution in [-0.2, 0) is 30.6 Å². The zero-order chi connectivity index (χ0) is 19.8. The molecule has 0 aromatic heterocycles. The monoisotopic (exact) mass is 393 g/mol. The summed E-state index contributed by atoms with van der Waals surface area (Å²) < 4.78 is 29.2. The lowest BCUT2D eigenvalue weighted by Gasteiger charge is -2.32. The maximum atomic E-state index is 12.6. The van der Waals surface area contributed by atoms with E-state index in [0.717, 1.165) is 24.8 Å². The first-order valence-corrected chi connectivity index (χ1v) is 10.9. The van der Waals surface area contributed by atoms with Gasteiger partial charge in [-0.2, -0.15) is 0 Å². The van der Waals surface area contributed by atoms with Crippen molar-refractivity contribution in [2.75, 3.05) is 20.2 Å². The maximum absolute atomic E-state index is 12.6. The van der Waals surface area contributed by atoms with Crippen LogP contribution in [0.3, 0.4) is 0 Å². The highest BCUT2D eigenvalue weighted by Crippen LogP contribution is 2.59. The fourth-order valence-corrected chi connectivity index (χ4v) is 4.99. The third kappa shape index (κ3) is 3.88. The van der Waals surface area contributed by atoms with E-state index in [9.17, 15) is 18.0 Å². The minimum absolute atomic E-state index is 0.00444. The first kappa shape index (κ1) is 19.9. The number of nitrogens with zero attached hydrogens (tertiary/aromatic N) is 1. The fraction of sp³-hybridized carbons (Fsp3) is 0.600. The quantitative estimate of drug-likeness (QED) is 0.717. The van der Waals surface area contributed by atoms with Crippen molar-refractivity contribution >= 4 is 21.7 Å². The van der Waals surface area contributed by atoms with Crippen LogP contribution in [0.2, 0.25) is 0 Å². The predicted molar refractivity (Wildman–Crippen MR) is 101 cm³/mol. The summed E-state index contributed by atoms with van der Waals surface area (Å²) in [5.41, 5.74) is 0.846. The summed E-state index contributed by atoms with van der Waals surface area (Å²) in [5, 5.41) is -0.470. The Morgan fingerprint density at radius 1 is 1.19 bits per heavy atom. The fourth-order valence-electron chi connectivity index (χ4n) is 3.93. The SMILES string of the molecule is COC(=O)[C@@H]1CC12CCN(C(=O)Cc1ccc(S(=O)(=O)C(C)C)cc1)CC2. The standard InChI is InChI=1S/C20H27NO5S/c1-14(2)27(24,25)16-6-4-15(5-7-16)12-18(22)21-10-8-20(9-11-21)13-17(20)19(23)26-3/h4-7,14,17H,8-13H2,1-3H3/t17-/m0/s1. The minimum Gasteiger partial charge on any atom is -0.469 e. The Morgan fingerprint density at radius 3 is 2.30 bits per heavy atom. The molecule has 27 heavy (non-hydrogen) atoms. The van der Waals surface area contributed by atoms with Gasteiger partial charge in [-0.25, -0.2) is 8.42 Å². The van der Waals surface area contributed by atoms with Gasteiger partial charge in [0.15, 0.2) is 9.84 Å². The number of rotatable bonds is 5. The van der Waals surface area contributed by atoms with E-state index in [4.69, 9.17) is 4.74 Å². The smallest absolute Gasteiger partial charge is 0.309 e. The molecule has 1 heterocycles. The third-order valence-corrected chi connectivity index (χ3v) is 8.19. The lowest BCUT2D eigenvalue weighted by Crippen LogP contribution is -2.40. The Bertz CT molecular complexity index is 820. The normalized spacial score (nSPS) is 21.3. The molecule has 1 aliphatic carbocycles. The van der Waals surface area contributed by atoms with E-state index in [1.807, 2.05) is 4.90 Å². The molecule has 1 aromatic carbocycles. The number of carbonyl (C=O) groups is 2. The van der Waals surface area contributed by atoms with Crippen molar-refractivity contribution in [3.8, 4) is 0 Å². The van der Waals surface area contributed by atoms with Crippen LogP contribution in [0.1, 0.15) is 38.7 Å². The molecule has 2 fully saturated rings. The number of hydrogen-bond acceptors (Lipinski definition) is 5. The molecule has 1 aliphatic heterocycles. The van der Waals surface area contributed by atoms with Gasteiger partial charge in [-0.15, -0.1) is 0 Å². The lowest BCUT2D eigenvalue weighted by molar-refractivity contribution is -0.143. The molecule has 148 valence electrons. The maximum Gasteiger partial charge on any atom is 0.309 e. The highest BCUT2D eigenvalue weighted by atomic mass is 32.2. The van der Waals surface area contributed by atoms with Gasteiger partial charge >= 0.3 is 5.97 Å². The van der Waals surface area contributed by atoms with Crippen molar-refractivity contribution in [2.24, 2.45) is 11.3 Å². The Hall–Kier alpha value is -1.89. The molecule has 1 saturated heterocycles. The number of amides is 1. The topological polar surface area (TPSA) is 80.8 Å². The van der Waals surface area contributed by atoms with E-state index in [-0.39, 0.29) is 34.5 Å². The first-order chi connectivity index (χ1) is 12.7. The van der Waals surface area contributed by atoms with Crippen LogP contribution >= 0.6 is 0 Å². The molecule has 2 aliphatic rings. The summed E-state index contributed by atoms with van der Waals surface area (Å²) in [7, 11) is -1.87. The summed E-state index contributed by atoms with van der Waals surface area (Å²) in [6.45, 7) is 4.62. The molecule has 1 aromatic rings. The van der Waals surface area contributed by atoms with Gasteiger partial charge in [0.1, 0.15) is 0 Å². The highest BCUT2D eigenvalue weighted by molar-refractivity contribution is 7.92. The summed E-state index contributed by atoms with van der Waals surface area (Å²) >= 11 is 0. The number of ether oxygens (including phenoxy) is 1. The van der Waals surface area contributed by atoms with Gasteiger partial charge < -0.3 is 9.64 Å². The zero-order valence-corrected chi connectivity index (χ0v) is 16.9. The molecule has 1 spiro atoms. The Labute approximate surface area is 160 Å². The molecule has 0 N–H and O–H groups in total. The molecule has 1 atom stereocenters. The van der Waals surface area contributed by atoms with Gasteiger partial charge in [0, 0.05) is 13.1 Å². The molecular weight excluding hydrogens is 366 g/mol. The van der Waals surface area contributed by atoms with E-state index in [1.54, 1.807) is 38.1 Å². The van der Waals surface area contributed by atoms with E-state index in [2.05, 4.69) is 0 Å². The van der Waals surface area contributed by atoms with Crippen LogP contribution in [0.25, 0.3) is 0 Å². The molecule has 7 heteroatoms. The highest BCUT2D eigenvalue weighted by Gasteiger charge is 2.59. The molecule has 1 amide bonds. The average Bonchev–Trinajstić information content (AvgIpc) is 3.35. The Morgan fingerprint density at radius 2 is 1.78 bits per heavy atom. The van der Waals surface area contributed by atoms with Crippen molar-refractivity contribution in [3.05, 3.63) is 29.8 Å². The molecular formula is C20H27NO5S. The van der Waals surface area contributed by atoms with Crippen LogP contribution < -0.4 is 0 Å². The third-order valence-electron chi connectivity index (χ3n) is 6.02. The number of methoxy groups -OCH3 is 1. The number of piperidine rings is 1. The first-order valence-electron chi connectivity index (χ1n) is 9.38. The summed E-state index contributed by atoms with van der Waals surface area (Å²) in [6.07, 6.45) is 2.80. The van der Waals surface area contributed by atoms with Gasteiger partial charge in [0.2, 0.25) is 5.91 Å². The van der Waals surface area contributed by atoms with E-state index in [1.165, 1.54) is 7.11 Å². The van der Waals surface area contributed by atoms with Crippen LogP contribution in [0.4, 0.5) is 0 Å². The number of benzene rings is 1. The second-order valence-electron chi connectivity index (χ2n) is 7.94. The second-order valence-corrected chi connectivity index (χ2v) is 10.4. The van der Waals surface area contributed by atoms with Crippen molar-refractivity contribution in [3.63, 3.8) is 0 Å². The summed E-state index contributed by atoms with van der Waals surface area (Å²) in [4.78, 5) is 26.4. The van der Waals surface area contributed by atoms with Crippen molar-refractivity contribution < 1.29 is 22.7 Å². The Balaban J connectivity index is 1.55. The largest absolute Gasteiger partial charge is 0.469 e. The summed E-state index contributed by atoms with van der Waals surface area (Å²) in [5.74, 6) is -0.0963. The van der Waals surface area contributed by atoms with E-state index < -0.39 is 15.1 Å². The van der Waals surface area contributed by atoms with E-state index >= 15 is 0 Å². The van der Waals surface area contributed by atoms with Crippen LogP contribution in [0.15, 0.2) is 29.2 Å². The lowest BCUT2D eigenvalue weighted by atomic mass is 9.90. The van der Waals surface area contributed by atoms with Crippen LogP contribution in [0, 0.1) is 11.3 Å². The number of sulfone groups is 1.